The fourth-order valence-electron chi connectivity index (χ4n) is 2.89. The van der Waals surface area contributed by atoms with Crippen molar-refractivity contribution in [2.45, 2.75) is 6.55 Å². The minimum atomic E-state index is -2.99. The van der Waals surface area contributed by atoms with E-state index in [1.54, 1.807) is 10.6 Å². The number of fused-ring (bicyclic) bond motifs is 1. The van der Waals surface area contributed by atoms with E-state index >= 15 is 0 Å². The van der Waals surface area contributed by atoms with Gasteiger partial charge in [0.2, 0.25) is 0 Å². The molecular formula is C18H12F3N5O. The molecule has 1 aromatic carbocycles. The maximum absolute atomic E-state index is 13.3. The molecule has 0 bridgehead atoms. The van der Waals surface area contributed by atoms with Gasteiger partial charge in [0.05, 0.1) is 11.4 Å². The molecule has 0 amide bonds. The first-order valence-electron chi connectivity index (χ1n) is 7.85. The number of aromatic nitrogens is 4. The van der Waals surface area contributed by atoms with E-state index in [-0.39, 0.29) is 5.82 Å². The number of nitrogens with two attached hydrogens (primary N) is 1. The van der Waals surface area contributed by atoms with Crippen LogP contribution in [0.25, 0.3) is 28.2 Å². The fraction of sp³-hybridized carbons (Fsp3) is 0.0556. The van der Waals surface area contributed by atoms with E-state index < -0.39 is 17.9 Å². The average molecular weight is 371 g/mol. The summed E-state index contributed by atoms with van der Waals surface area (Å²) in [5.41, 5.74) is 7.07. The van der Waals surface area contributed by atoms with Crippen molar-refractivity contribution < 1.29 is 13.2 Å². The Bertz CT molecular complexity index is 1200. The van der Waals surface area contributed by atoms with E-state index in [9.17, 15) is 18.0 Å². The molecule has 0 saturated carbocycles. The van der Waals surface area contributed by atoms with Gasteiger partial charge in [-0.05, 0) is 30.3 Å². The Morgan fingerprint density at radius 3 is 2.44 bits per heavy atom. The van der Waals surface area contributed by atoms with Gasteiger partial charge in [0, 0.05) is 35.8 Å². The second-order valence-corrected chi connectivity index (χ2v) is 5.76. The van der Waals surface area contributed by atoms with Gasteiger partial charge < -0.3 is 5.73 Å². The molecule has 2 N–H and O–H groups in total. The SMILES string of the molecule is Nc1nc(-c2ccc(F)cc2)c(-c2ccc(=O)n(C(F)F)c2)n2ccnc12. The topological polar surface area (TPSA) is 78.2 Å². The predicted octanol–water partition coefficient (Wildman–Crippen LogP) is 3.34. The molecule has 3 heterocycles. The Morgan fingerprint density at radius 2 is 1.74 bits per heavy atom. The summed E-state index contributed by atoms with van der Waals surface area (Å²) in [6.07, 6.45) is 4.15. The Labute approximate surface area is 150 Å². The van der Waals surface area contributed by atoms with Crippen LogP contribution < -0.4 is 11.3 Å². The van der Waals surface area contributed by atoms with E-state index in [1.165, 1.54) is 36.5 Å². The van der Waals surface area contributed by atoms with Gasteiger partial charge >= 0.3 is 6.55 Å². The number of imidazole rings is 1. The summed E-state index contributed by atoms with van der Waals surface area (Å²) in [4.78, 5) is 20.2. The lowest BCUT2D eigenvalue weighted by atomic mass is 10.0. The van der Waals surface area contributed by atoms with Crippen LogP contribution >= 0.6 is 0 Å². The summed E-state index contributed by atoms with van der Waals surface area (Å²) in [7, 11) is 0. The molecule has 9 heteroatoms. The predicted molar refractivity (Wildman–Crippen MR) is 93.7 cm³/mol. The lowest BCUT2D eigenvalue weighted by molar-refractivity contribution is 0.0665. The number of hydrogen-bond acceptors (Lipinski definition) is 4. The van der Waals surface area contributed by atoms with Crippen molar-refractivity contribution in [1.29, 1.82) is 0 Å². The lowest BCUT2D eigenvalue weighted by Crippen LogP contribution is -2.19. The minimum Gasteiger partial charge on any atom is -0.381 e. The van der Waals surface area contributed by atoms with E-state index in [2.05, 4.69) is 9.97 Å². The first kappa shape index (κ1) is 16.8. The summed E-state index contributed by atoms with van der Waals surface area (Å²) in [6.45, 7) is -2.99. The number of anilines is 1. The molecule has 136 valence electrons. The van der Waals surface area contributed by atoms with Gasteiger partial charge in [0.25, 0.3) is 5.56 Å². The molecule has 3 aromatic heterocycles. The first-order valence-corrected chi connectivity index (χ1v) is 7.85. The second-order valence-electron chi connectivity index (χ2n) is 5.76. The summed E-state index contributed by atoms with van der Waals surface area (Å²) in [5, 5.41) is 0. The maximum Gasteiger partial charge on any atom is 0.321 e. The first-order chi connectivity index (χ1) is 13.0. The number of pyridine rings is 1. The Hall–Kier alpha value is -3.62. The van der Waals surface area contributed by atoms with Crippen molar-refractivity contribution in [2.75, 3.05) is 5.73 Å². The quantitative estimate of drug-likeness (QED) is 0.599. The molecule has 0 aliphatic rings. The van der Waals surface area contributed by atoms with Crippen LogP contribution in [0.5, 0.6) is 0 Å². The standard InChI is InChI=1S/C18H12F3N5O/c19-12-4-1-10(2-5-12)14-15(25-8-7-23-17(25)16(22)24-14)11-3-6-13(27)26(9-11)18(20)21/h1-9,18H,(H2,22,24). The van der Waals surface area contributed by atoms with E-state index in [4.69, 9.17) is 5.73 Å². The van der Waals surface area contributed by atoms with Crippen molar-refractivity contribution in [3.63, 3.8) is 0 Å². The molecular weight excluding hydrogens is 359 g/mol. The molecule has 0 aliphatic heterocycles. The fourth-order valence-corrected chi connectivity index (χ4v) is 2.89. The molecule has 0 aliphatic carbocycles. The van der Waals surface area contributed by atoms with Gasteiger partial charge in [-0.15, -0.1) is 0 Å². The Kier molecular flexibility index (Phi) is 3.91. The molecule has 6 nitrogen and oxygen atoms in total. The highest BCUT2D eigenvalue weighted by Crippen LogP contribution is 2.33. The van der Waals surface area contributed by atoms with Crippen LogP contribution in [0.3, 0.4) is 0 Å². The molecule has 0 spiro atoms. The second kappa shape index (κ2) is 6.27. The third kappa shape index (κ3) is 2.82. The summed E-state index contributed by atoms with van der Waals surface area (Å²) < 4.78 is 41.6. The van der Waals surface area contributed by atoms with Gasteiger partial charge in [-0.2, -0.15) is 8.78 Å². The largest absolute Gasteiger partial charge is 0.381 e. The minimum absolute atomic E-state index is 0.130. The Balaban J connectivity index is 2.07. The smallest absolute Gasteiger partial charge is 0.321 e. The molecule has 4 rings (SSSR count). The third-order valence-corrected chi connectivity index (χ3v) is 4.11. The number of rotatable bonds is 3. The average Bonchev–Trinajstić information content (AvgIpc) is 3.13. The van der Waals surface area contributed by atoms with Crippen LogP contribution in [-0.4, -0.2) is 18.9 Å². The zero-order chi connectivity index (χ0) is 19.1. The number of hydrogen-bond donors (Lipinski definition) is 1. The number of halogens is 3. The van der Waals surface area contributed by atoms with Crippen LogP contribution in [-0.2, 0) is 0 Å². The highest BCUT2D eigenvalue weighted by atomic mass is 19.3. The lowest BCUT2D eigenvalue weighted by Gasteiger charge is -2.15. The van der Waals surface area contributed by atoms with Crippen LogP contribution in [0.15, 0.2) is 59.8 Å². The van der Waals surface area contributed by atoms with Gasteiger partial charge in [-0.3, -0.25) is 13.8 Å². The number of nitrogen functional groups attached to an aromatic ring is 1. The number of nitrogens with zero attached hydrogens (tertiary/aromatic N) is 4. The molecule has 0 atom stereocenters. The number of alkyl halides is 2. The summed E-state index contributed by atoms with van der Waals surface area (Å²) >= 11 is 0. The number of benzene rings is 1. The van der Waals surface area contributed by atoms with E-state index in [1.807, 2.05) is 0 Å². The normalized spacial score (nSPS) is 11.4. The van der Waals surface area contributed by atoms with Crippen molar-refractivity contribution in [3.8, 4) is 22.5 Å². The van der Waals surface area contributed by atoms with Crippen molar-refractivity contribution in [3.05, 3.63) is 71.2 Å². The molecule has 0 unspecified atom stereocenters. The monoisotopic (exact) mass is 371 g/mol. The zero-order valence-corrected chi connectivity index (χ0v) is 13.7. The van der Waals surface area contributed by atoms with E-state index in [0.29, 0.717) is 32.7 Å². The summed E-state index contributed by atoms with van der Waals surface area (Å²) in [6, 6.07) is 8.00. The van der Waals surface area contributed by atoms with Gasteiger partial charge in [0.1, 0.15) is 5.82 Å². The molecule has 0 saturated heterocycles. The van der Waals surface area contributed by atoms with Crippen LogP contribution in [0.2, 0.25) is 0 Å². The van der Waals surface area contributed by atoms with Gasteiger partial charge in [-0.25, -0.2) is 14.4 Å². The van der Waals surface area contributed by atoms with Crippen LogP contribution in [0.4, 0.5) is 19.0 Å². The van der Waals surface area contributed by atoms with Crippen LogP contribution in [0.1, 0.15) is 6.55 Å². The Morgan fingerprint density at radius 1 is 1.04 bits per heavy atom. The van der Waals surface area contributed by atoms with Crippen molar-refractivity contribution >= 4 is 11.5 Å². The van der Waals surface area contributed by atoms with E-state index in [0.717, 1.165) is 12.3 Å². The van der Waals surface area contributed by atoms with Crippen molar-refractivity contribution in [2.24, 2.45) is 0 Å². The molecule has 0 fully saturated rings. The molecule has 4 aromatic rings. The van der Waals surface area contributed by atoms with Gasteiger partial charge in [-0.1, -0.05) is 0 Å². The van der Waals surface area contributed by atoms with Crippen molar-refractivity contribution in [1.82, 2.24) is 18.9 Å². The summed E-state index contributed by atoms with van der Waals surface area (Å²) in [5.74, 6) is -0.298. The van der Waals surface area contributed by atoms with Gasteiger partial charge in [0.15, 0.2) is 11.5 Å². The molecule has 0 radical (unpaired) electrons. The van der Waals surface area contributed by atoms with Crippen LogP contribution in [0, 0.1) is 5.82 Å². The molecule has 27 heavy (non-hydrogen) atoms. The highest BCUT2D eigenvalue weighted by Gasteiger charge is 2.19. The zero-order valence-electron chi connectivity index (χ0n) is 13.7. The third-order valence-electron chi connectivity index (χ3n) is 4.11. The highest BCUT2D eigenvalue weighted by molar-refractivity contribution is 5.82. The maximum atomic E-state index is 13.3.